The van der Waals surface area contributed by atoms with Crippen molar-refractivity contribution in [1.82, 2.24) is 4.57 Å². The highest BCUT2D eigenvalue weighted by molar-refractivity contribution is 6.41. The van der Waals surface area contributed by atoms with E-state index in [4.69, 9.17) is 4.99 Å². The van der Waals surface area contributed by atoms with Crippen LogP contribution in [0.2, 0.25) is 0 Å². The summed E-state index contributed by atoms with van der Waals surface area (Å²) in [4.78, 5) is 5.07. The van der Waals surface area contributed by atoms with E-state index in [0.717, 1.165) is 43.2 Å². The van der Waals surface area contributed by atoms with Crippen LogP contribution in [-0.2, 0) is 17.9 Å². The minimum absolute atomic E-state index is 0.0375. The van der Waals surface area contributed by atoms with E-state index >= 15 is 8.63 Å². The van der Waals surface area contributed by atoms with Crippen LogP contribution in [0.15, 0.2) is 102 Å². The molecule has 0 unspecified atom stereocenters. The molecule has 0 amide bonds. The summed E-state index contributed by atoms with van der Waals surface area (Å²) < 4.78 is 33.3. The van der Waals surface area contributed by atoms with Crippen LogP contribution in [-0.4, -0.2) is 28.0 Å². The molecule has 3 nitrogen and oxygen atoms in total. The monoisotopic (exact) mass is 572 g/mol. The number of fused-ring (bicyclic) bond motifs is 2. The minimum atomic E-state index is -2.78. The van der Waals surface area contributed by atoms with Crippen LogP contribution in [0.5, 0.6) is 0 Å². The molecule has 43 heavy (non-hydrogen) atoms. The van der Waals surface area contributed by atoms with Crippen molar-refractivity contribution in [3.63, 3.8) is 0 Å². The summed E-state index contributed by atoms with van der Waals surface area (Å²) in [6, 6.07) is 32.2. The second kappa shape index (κ2) is 10.4. The van der Waals surface area contributed by atoms with E-state index in [0.29, 0.717) is 17.1 Å². The van der Waals surface area contributed by atoms with E-state index in [1.54, 1.807) is 0 Å². The number of halogens is 2. The van der Waals surface area contributed by atoms with Gasteiger partial charge in [-0.3, -0.25) is 0 Å². The molecule has 216 valence electrons. The fourth-order valence-corrected chi connectivity index (χ4v) is 6.04. The maximum atomic E-state index is 15.1. The molecule has 0 saturated carbocycles. The first kappa shape index (κ1) is 28.8. The molecule has 1 aromatic heterocycles. The number of aromatic nitrogens is 1. The van der Waals surface area contributed by atoms with Crippen molar-refractivity contribution in [2.75, 3.05) is 0 Å². The number of benzene rings is 4. The molecule has 0 fully saturated rings. The van der Waals surface area contributed by atoms with Gasteiger partial charge >= 0.3 is 13.2 Å². The van der Waals surface area contributed by atoms with Crippen molar-refractivity contribution < 1.29 is 13.1 Å². The zero-order valence-electron chi connectivity index (χ0n) is 25.9. The second-order valence-electron chi connectivity index (χ2n) is 13.4. The lowest BCUT2D eigenvalue weighted by molar-refractivity contribution is -0.269. The molecule has 0 atom stereocenters. The molecule has 0 aliphatic carbocycles. The minimum Gasteiger partial charge on any atom is -0.307 e. The summed E-state index contributed by atoms with van der Waals surface area (Å²) in [6.45, 7) is 13.0. The fraction of sp³-hybridized carbons (Fsp3) is 0.243. The maximum absolute atomic E-state index is 15.1. The van der Waals surface area contributed by atoms with Gasteiger partial charge < -0.3 is 4.57 Å². The molecule has 6 rings (SSSR count). The van der Waals surface area contributed by atoms with E-state index in [1.807, 2.05) is 78.3 Å². The van der Waals surface area contributed by atoms with Crippen LogP contribution in [0.1, 0.15) is 69.4 Å². The Labute approximate surface area is 253 Å². The van der Waals surface area contributed by atoms with E-state index < -0.39 is 7.40 Å². The molecular formula is C37H37BF2N3+. The lowest BCUT2D eigenvalue weighted by Gasteiger charge is -2.19. The lowest BCUT2D eigenvalue weighted by Crippen LogP contribution is -2.31. The Morgan fingerprint density at radius 2 is 1.12 bits per heavy atom. The summed E-state index contributed by atoms with van der Waals surface area (Å²) in [5.41, 5.74) is 7.13. The highest BCUT2D eigenvalue weighted by Gasteiger charge is 2.45. The first-order chi connectivity index (χ1) is 20.4. The highest BCUT2D eigenvalue weighted by Crippen LogP contribution is 2.39. The van der Waals surface area contributed by atoms with E-state index in [1.165, 1.54) is 5.56 Å². The molecule has 0 bridgehead atoms. The van der Waals surface area contributed by atoms with Gasteiger partial charge in [0.2, 0.25) is 0 Å². The number of amidine groups is 1. The van der Waals surface area contributed by atoms with E-state index in [2.05, 4.69) is 71.9 Å². The maximum Gasteiger partial charge on any atom is 0.809 e. The number of rotatable bonds is 4. The van der Waals surface area contributed by atoms with Crippen LogP contribution >= 0.6 is 0 Å². The van der Waals surface area contributed by atoms with Gasteiger partial charge in [0.05, 0.1) is 16.6 Å². The Bertz CT molecular complexity index is 1900. The Morgan fingerprint density at radius 3 is 1.65 bits per heavy atom. The molecule has 0 saturated heterocycles. The van der Waals surface area contributed by atoms with Crippen molar-refractivity contribution in [3.05, 3.63) is 125 Å². The molecule has 4 aromatic carbocycles. The molecular weight excluding hydrogens is 535 g/mol. The lowest BCUT2D eigenvalue weighted by atomic mass is 9.86. The first-order valence-electron chi connectivity index (χ1n) is 14.8. The third kappa shape index (κ3) is 5.03. The van der Waals surface area contributed by atoms with Crippen LogP contribution < -0.4 is 0 Å². The SMILES string of the molecule is Cn1c(/N=C2/c3ccccc3C(c3ccc(C(C)(C)C)cc3)=[N+]2B(F)F)c2ccccc2c1-c1ccc(C(C)(C)C)cc1. The molecule has 2 heterocycles. The molecule has 1 aliphatic rings. The zero-order chi connectivity index (χ0) is 30.7. The zero-order valence-corrected chi connectivity index (χ0v) is 25.9. The topological polar surface area (TPSA) is 20.3 Å². The summed E-state index contributed by atoms with van der Waals surface area (Å²) in [5.74, 6) is 0.895. The van der Waals surface area contributed by atoms with Crippen molar-refractivity contribution in [2.24, 2.45) is 12.0 Å². The van der Waals surface area contributed by atoms with Gasteiger partial charge in [-0.1, -0.05) is 120 Å². The third-order valence-electron chi connectivity index (χ3n) is 8.42. The Hall–Kier alpha value is -4.32. The Balaban J connectivity index is 1.57. The summed E-state index contributed by atoms with van der Waals surface area (Å²) >= 11 is 0. The van der Waals surface area contributed by atoms with Crippen LogP contribution in [0.3, 0.4) is 0 Å². The van der Waals surface area contributed by atoms with Crippen LogP contribution in [0, 0.1) is 0 Å². The van der Waals surface area contributed by atoms with Gasteiger partial charge in [-0.15, -0.1) is 0 Å². The number of nitrogens with zero attached hydrogens (tertiary/aromatic N) is 3. The van der Waals surface area contributed by atoms with Gasteiger partial charge in [0.1, 0.15) is 5.71 Å². The molecule has 0 N–H and O–H groups in total. The van der Waals surface area contributed by atoms with Crippen molar-refractivity contribution in [1.29, 1.82) is 0 Å². The van der Waals surface area contributed by atoms with Gasteiger partial charge in [0.15, 0.2) is 0 Å². The van der Waals surface area contributed by atoms with Gasteiger partial charge in [0, 0.05) is 23.6 Å². The van der Waals surface area contributed by atoms with E-state index in [9.17, 15) is 0 Å². The Kier molecular flexibility index (Phi) is 6.99. The molecule has 6 heteroatoms. The molecule has 0 spiro atoms. The molecule has 0 radical (unpaired) electrons. The van der Waals surface area contributed by atoms with Gasteiger partial charge in [-0.05, 0) is 50.7 Å². The van der Waals surface area contributed by atoms with Crippen molar-refractivity contribution >= 4 is 35.5 Å². The second-order valence-corrected chi connectivity index (χ2v) is 13.4. The first-order valence-corrected chi connectivity index (χ1v) is 14.8. The van der Waals surface area contributed by atoms with Crippen molar-refractivity contribution in [2.45, 2.75) is 52.4 Å². The van der Waals surface area contributed by atoms with Gasteiger partial charge in [0.25, 0.3) is 5.82 Å². The Morgan fingerprint density at radius 1 is 0.628 bits per heavy atom. The molecule has 1 aliphatic heterocycles. The van der Waals surface area contributed by atoms with Crippen LogP contribution in [0.25, 0.3) is 22.0 Å². The predicted octanol–water partition coefficient (Wildman–Crippen LogP) is 9.31. The highest BCUT2D eigenvalue weighted by atomic mass is 19.2. The molecule has 5 aromatic rings. The largest absolute Gasteiger partial charge is 0.809 e. The summed E-state index contributed by atoms with van der Waals surface area (Å²) in [6.07, 6.45) is 0. The summed E-state index contributed by atoms with van der Waals surface area (Å²) in [7, 11) is -0.810. The predicted molar refractivity (Wildman–Crippen MR) is 176 cm³/mol. The number of hydrogen-bond donors (Lipinski definition) is 0. The summed E-state index contributed by atoms with van der Waals surface area (Å²) in [5, 5.41) is 1.95. The van der Waals surface area contributed by atoms with Gasteiger partial charge in [-0.25, -0.2) is 13.1 Å². The normalized spacial score (nSPS) is 14.6. The fourth-order valence-electron chi connectivity index (χ4n) is 6.04. The average Bonchev–Trinajstić information content (AvgIpc) is 3.44. The van der Waals surface area contributed by atoms with Crippen LogP contribution in [0.4, 0.5) is 14.4 Å². The number of hydrogen-bond acceptors (Lipinski definition) is 1. The average molecular weight is 573 g/mol. The smallest absolute Gasteiger partial charge is 0.307 e. The quantitative estimate of drug-likeness (QED) is 0.191. The third-order valence-corrected chi connectivity index (χ3v) is 8.42. The standard InChI is InChI=1S/C37H37BF2N3/c1-36(2,3)26-20-16-24(17-21-26)32-28-12-8-10-14-30(28)34(42(32)7)41-35-31-15-11-9-13-29(31)33(43(35)38(39)40)25-18-22-27(23-19-25)37(4,5)6/h8-23H,1-7H3/q+1. The van der Waals surface area contributed by atoms with Gasteiger partial charge in [-0.2, -0.15) is 0 Å². The number of aliphatic imine (C=N–C) groups is 1. The van der Waals surface area contributed by atoms with Crippen molar-refractivity contribution in [3.8, 4) is 11.3 Å². The van der Waals surface area contributed by atoms with E-state index in [-0.39, 0.29) is 16.7 Å².